The Morgan fingerprint density at radius 1 is 1.38 bits per heavy atom. The molecule has 0 radical (unpaired) electrons. The van der Waals surface area contributed by atoms with Crippen LogP contribution >= 0.6 is 0 Å². The maximum atomic E-state index is 12.8. The van der Waals surface area contributed by atoms with Crippen molar-refractivity contribution in [1.82, 2.24) is 9.88 Å². The first kappa shape index (κ1) is 14.0. The van der Waals surface area contributed by atoms with Crippen LogP contribution in [0.1, 0.15) is 17.3 Å². The highest BCUT2D eigenvalue weighted by Gasteiger charge is 2.29. The van der Waals surface area contributed by atoms with Gasteiger partial charge in [-0.05, 0) is 19.1 Å². The second kappa shape index (κ2) is 5.79. The monoisotopic (exact) mass is 286 g/mol. The van der Waals surface area contributed by atoms with Crippen molar-refractivity contribution in [3.8, 4) is 0 Å². The molecule has 1 amide bonds. The van der Waals surface area contributed by atoms with E-state index in [1.165, 1.54) is 0 Å². The van der Waals surface area contributed by atoms with Crippen LogP contribution in [0.4, 0.5) is 0 Å². The number of aliphatic hydroxyl groups is 1. The number of hydrogen-bond acceptors (Lipinski definition) is 4. The van der Waals surface area contributed by atoms with Gasteiger partial charge in [0.15, 0.2) is 0 Å². The lowest BCUT2D eigenvalue weighted by Gasteiger charge is -2.36. The summed E-state index contributed by atoms with van der Waals surface area (Å²) >= 11 is 0. The number of aliphatic hydroxyl groups excluding tert-OH is 1. The van der Waals surface area contributed by atoms with E-state index >= 15 is 0 Å². The van der Waals surface area contributed by atoms with E-state index < -0.39 is 0 Å². The maximum Gasteiger partial charge on any atom is 0.256 e. The third kappa shape index (κ3) is 2.75. The minimum atomic E-state index is -0.319. The Labute approximate surface area is 123 Å². The van der Waals surface area contributed by atoms with E-state index in [0.717, 1.165) is 5.39 Å². The summed E-state index contributed by atoms with van der Waals surface area (Å²) in [6.45, 7) is 2.76. The second-order valence-electron chi connectivity index (χ2n) is 5.34. The highest BCUT2D eigenvalue weighted by Crippen LogP contribution is 2.20. The molecule has 5 heteroatoms. The summed E-state index contributed by atoms with van der Waals surface area (Å²) in [5.74, 6) is -0.0621. The van der Waals surface area contributed by atoms with E-state index in [1.54, 1.807) is 17.2 Å². The molecule has 0 saturated carbocycles. The molecule has 1 aromatic heterocycles. The van der Waals surface area contributed by atoms with Crippen molar-refractivity contribution >= 4 is 16.8 Å². The fourth-order valence-electron chi connectivity index (χ4n) is 2.76. The minimum Gasteiger partial charge on any atom is -0.394 e. The van der Waals surface area contributed by atoms with Gasteiger partial charge in [0.25, 0.3) is 5.91 Å². The van der Waals surface area contributed by atoms with Crippen molar-refractivity contribution in [2.75, 3.05) is 19.7 Å². The largest absolute Gasteiger partial charge is 0.394 e. The quantitative estimate of drug-likeness (QED) is 0.908. The minimum absolute atomic E-state index is 0.0621. The molecule has 1 saturated heterocycles. The zero-order chi connectivity index (χ0) is 14.8. The van der Waals surface area contributed by atoms with Gasteiger partial charge in [-0.15, -0.1) is 0 Å². The van der Waals surface area contributed by atoms with Gasteiger partial charge in [-0.1, -0.05) is 18.2 Å². The van der Waals surface area contributed by atoms with Crippen LogP contribution in [-0.4, -0.2) is 52.8 Å². The number of nitrogens with zero attached hydrogens (tertiary/aromatic N) is 2. The number of morpholine rings is 1. The Kier molecular flexibility index (Phi) is 3.86. The van der Waals surface area contributed by atoms with Crippen LogP contribution in [0.5, 0.6) is 0 Å². The van der Waals surface area contributed by atoms with Crippen LogP contribution in [0.15, 0.2) is 36.5 Å². The van der Waals surface area contributed by atoms with Crippen molar-refractivity contribution in [3.05, 3.63) is 42.1 Å². The van der Waals surface area contributed by atoms with E-state index in [0.29, 0.717) is 24.2 Å². The molecule has 0 spiro atoms. The van der Waals surface area contributed by atoms with Crippen molar-refractivity contribution < 1.29 is 14.6 Å². The average Bonchev–Trinajstić information content (AvgIpc) is 2.53. The number of ether oxygens (including phenoxy) is 1. The molecule has 1 aliphatic rings. The maximum absolute atomic E-state index is 12.8. The standard InChI is InChI=1S/C16H18N2O3/c1-11-8-18(9-13(10-19)21-11)16(20)14-6-2-4-12-5-3-7-17-15(12)14/h2-7,11,13,19H,8-10H2,1H3. The smallest absolute Gasteiger partial charge is 0.256 e. The predicted octanol–water partition coefficient (Wildman–Crippen LogP) is 1.46. The van der Waals surface area contributed by atoms with E-state index in [1.807, 2.05) is 31.2 Å². The van der Waals surface area contributed by atoms with Crippen LogP contribution in [0.2, 0.25) is 0 Å². The Morgan fingerprint density at radius 2 is 2.19 bits per heavy atom. The number of para-hydroxylation sites is 1. The Balaban J connectivity index is 1.93. The molecule has 3 rings (SSSR count). The third-order valence-corrected chi connectivity index (χ3v) is 3.68. The molecule has 2 aromatic rings. The summed E-state index contributed by atoms with van der Waals surface area (Å²) in [6.07, 6.45) is 1.29. The third-order valence-electron chi connectivity index (χ3n) is 3.68. The van der Waals surface area contributed by atoms with Crippen LogP contribution in [0, 0.1) is 0 Å². The molecular weight excluding hydrogens is 268 g/mol. The van der Waals surface area contributed by atoms with Crippen LogP contribution in [0.3, 0.4) is 0 Å². The summed E-state index contributed by atoms with van der Waals surface area (Å²) in [7, 11) is 0. The molecule has 0 bridgehead atoms. The predicted molar refractivity (Wildman–Crippen MR) is 79.1 cm³/mol. The molecule has 2 heterocycles. The molecule has 5 nitrogen and oxygen atoms in total. The molecule has 1 fully saturated rings. The van der Waals surface area contributed by atoms with Gasteiger partial charge in [0.1, 0.15) is 0 Å². The first-order chi connectivity index (χ1) is 10.2. The Hall–Kier alpha value is -1.98. The molecule has 2 atom stereocenters. The molecule has 1 N–H and O–H groups in total. The van der Waals surface area contributed by atoms with E-state index in [9.17, 15) is 9.90 Å². The number of pyridine rings is 1. The number of amides is 1. The average molecular weight is 286 g/mol. The Morgan fingerprint density at radius 3 is 3.00 bits per heavy atom. The van der Waals surface area contributed by atoms with Gasteiger partial charge in [-0.25, -0.2) is 0 Å². The zero-order valence-electron chi connectivity index (χ0n) is 11.9. The molecule has 0 aliphatic carbocycles. The van der Waals surface area contributed by atoms with Crippen LogP contribution in [0.25, 0.3) is 10.9 Å². The van der Waals surface area contributed by atoms with E-state index in [-0.39, 0.29) is 24.7 Å². The molecule has 21 heavy (non-hydrogen) atoms. The normalized spacial score (nSPS) is 22.5. The summed E-state index contributed by atoms with van der Waals surface area (Å²) in [6, 6.07) is 9.40. The number of fused-ring (bicyclic) bond motifs is 1. The highest BCUT2D eigenvalue weighted by molar-refractivity contribution is 6.05. The molecular formula is C16H18N2O3. The summed E-state index contributed by atoms with van der Waals surface area (Å²) in [4.78, 5) is 18.8. The SMILES string of the molecule is CC1CN(C(=O)c2cccc3cccnc23)CC(CO)O1. The fraction of sp³-hybridized carbons (Fsp3) is 0.375. The highest BCUT2D eigenvalue weighted by atomic mass is 16.5. The van der Waals surface area contributed by atoms with Crippen molar-refractivity contribution in [3.63, 3.8) is 0 Å². The number of carbonyl (C=O) groups is 1. The number of hydrogen-bond donors (Lipinski definition) is 1. The lowest BCUT2D eigenvalue weighted by Crippen LogP contribution is -2.50. The van der Waals surface area contributed by atoms with Gasteiger partial charge in [0, 0.05) is 24.7 Å². The van der Waals surface area contributed by atoms with Gasteiger partial charge in [-0.3, -0.25) is 9.78 Å². The van der Waals surface area contributed by atoms with E-state index in [4.69, 9.17) is 4.74 Å². The molecule has 110 valence electrons. The number of rotatable bonds is 2. The van der Waals surface area contributed by atoms with Gasteiger partial charge in [0.05, 0.1) is 29.9 Å². The summed E-state index contributed by atoms with van der Waals surface area (Å²) in [5, 5.41) is 10.2. The fourth-order valence-corrected chi connectivity index (χ4v) is 2.76. The topological polar surface area (TPSA) is 62.7 Å². The first-order valence-corrected chi connectivity index (χ1v) is 7.08. The summed E-state index contributed by atoms with van der Waals surface area (Å²) in [5.41, 5.74) is 1.31. The van der Waals surface area contributed by atoms with Gasteiger partial charge in [-0.2, -0.15) is 0 Å². The lowest BCUT2D eigenvalue weighted by molar-refractivity contribution is -0.0858. The lowest BCUT2D eigenvalue weighted by atomic mass is 10.1. The van der Waals surface area contributed by atoms with Crippen molar-refractivity contribution in [2.45, 2.75) is 19.1 Å². The molecule has 2 unspecified atom stereocenters. The molecule has 1 aromatic carbocycles. The first-order valence-electron chi connectivity index (χ1n) is 7.08. The summed E-state index contributed by atoms with van der Waals surface area (Å²) < 4.78 is 5.58. The van der Waals surface area contributed by atoms with Crippen LogP contribution < -0.4 is 0 Å². The van der Waals surface area contributed by atoms with Gasteiger partial charge >= 0.3 is 0 Å². The zero-order valence-corrected chi connectivity index (χ0v) is 11.9. The number of aromatic nitrogens is 1. The Bertz CT molecular complexity index is 654. The van der Waals surface area contributed by atoms with Crippen LogP contribution in [-0.2, 0) is 4.74 Å². The molecule has 1 aliphatic heterocycles. The van der Waals surface area contributed by atoms with Gasteiger partial charge in [0.2, 0.25) is 0 Å². The number of benzene rings is 1. The second-order valence-corrected chi connectivity index (χ2v) is 5.34. The van der Waals surface area contributed by atoms with Crippen molar-refractivity contribution in [2.24, 2.45) is 0 Å². The van der Waals surface area contributed by atoms with E-state index in [2.05, 4.69) is 4.98 Å². The van der Waals surface area contributed by atoms with Crippen molar-refractivity contribution in [1.29, 1.82) is 0 Å². The number of carbonyl (C=O) groups excluding carboxylic acids is 1. The van der Waals surface area contributed by atoms with Gasteiger partial charge < -0.3 is 14.7 Å².